The second kappa shape index (κ2) is 6.57. The minimum Gasteiger partial charge on any atom is -0.488 e. The predicted octanol–water partition coefficient (Wildman–Crippen LogP) is 2.68. The molecule has 0 spiro atoms. The Hall–Kier alpha value is -1.13. The average molecular weight is 242 g/mol. The van der Waals surface area contributed by atoms with Gasteiger partial charge in [-0.15, -0.1) is 0 Å². The van der Waals surface area contributed by atoms with Gasteiger partial charge in [0, 0.05) is 20.1 Å². The Morgan fingerprint density at radius 2 is 2.06 bits per heavy atom. The van der Waals surface area contributed by atoms with Crippen LogP contribution in [0.1, 0.15) is 31.9 Å². The van der Waals surface area contributed by atoms with Crippen molar-refractivity contribution in [2.75, 3.05) is 13.7 Å². The molecule has 0 aliphatic carbocycles. The van der Waals surface area contributed by atoms with Crippen LogP contribution >= 0.6 is 0 Å². The van der Waals surface area contributed by atoms with Gasteiger partial charge >= 0.3 is 0 Å². The summed E-state index contributed by atoms with van der Waals surface area (Å²) in [5, 5.41) is 9.31. The highest BCUT2D eigenvalue weighted by molar-refractivity contribution is 5.30. The standard InChI is InChI=1S/C13H19FO3/c1-9(6-7-16-3)17-13-5-4-11(10(2)15)8-12(13)14/h4-5,8-10,15H,6-7H2,1-3H3. The Bertz CT molecular complexity index is 353. The van der Waals surface area contributed by atoms with E-state index in [2.05, 4.69) is 0 Å². The largest absolute Gasteiger partial charge is 0.488 e. The van der Waals surface area contributed by atoms with E-state index in [-0.39, 0.29) is 11.9 Å². The van der Waals surface area contributed by atoms with Gasteiger partial charge in [-0.05, 0) is 31.5 Å². The molecule has 0 saturated carbocycles. The van der Waals surface area contributed by atoms with Gasteiger partial charge in [0.15, 0.2) is 11.6 Å². The Labute approximate surface area is 101 Å². The summed E-state index contributed by atoms with van der Waals surface area (Å²) in [7, 11) is 1.62. The van der Waals surface area contributed by atoms with Crippen LogP contribution in [-0.2, 0) is 4.74 Å². The van der Waals surface area contributed by atoms with Gasteiger partial charge < -0.3 is 14.6 Å². The highest BCUT2D eigenvalue weighted by atomic mass is 19.1. The first-order valence-corrected chi connectivity index (χ1v) is 5.67. The molecule has 17 heavy (non-hydrogen) atoms. The first kappa shape index (κ1) is 13.9. The molecule has 0 aliphatic heterocycles. The molecule has 0 bridgehead atoms. The molecule has 0 radical (unpaired) electrons. The Morgan fingerprint density at radius 1 is 1.35 bits per heavy atom. The van der Waals surface area contributed by atoms with E-state index >= 15 is 0 Å². The summed E-state index contributed by atoms with van der Waals surface area (Å²) < 4.78 is 24.0. The van der Waals surface area contributed by atoms with Crippen molar-refractivity contribution in [2.24, 2.45) is 0 Å². The number of rotatable bonds is 6. The molecule has 0 saturated heterocycles. The number of benzene rings is 1. The second-order valence-electron chi connectivity index (χ2n) is 4.08. The molecule has 96 valence electrons. The lowest BCUT2D eigenvalue weighted by Gasteiger charge is -2.15. The van der Waals surface area contributed by atoms with Crippen molar-refractivity contribution < 1.29 is 19.0 Å². The summed E-state index contributed by atoms with van der Waals surface area (Å²) in [6.45, 7) is 4.03. The molecular weight excluding hydrogens is 223 g/mol. The van der Waals surface area contributed by atoms with Crippen molar-refractivity contribution in [3.05, 3.63) is 29.6 Å². The fourth-order valence-corrected chi connectivity index (χ4v) is 1.43. The van der Waals surface area contributed by atoms with Crippen LogP contribution in [0.5, 0.6) is 5.75 Å². The summed E-state index contributed by atoms with van der Waals surface area (Å²) in [6, 6.07) is 4.50. The summed E-state index contributed by atoms with van der Waals surface area (Å²) in [5.74, 6) is -0.245. The maximum absolute atomic E-state index is 13.6. The zero-order chi connectivity index (χ0) is 12.8. The van der Waals surface area contributed by atoms with Crippen molar-refractivity contribution in [2.45, 2.75) is 32.5 Å². The number of hydrogen-bond acceptors (Lipinski definition) is 3. The van der Waals surface area contributed by atoms with E-state index in [0.29, 0.717) is 18.6 Å². The number of aliphatic hydroxyl groups excluding tert-OH is 1. The van der Waals surface area contributed by atoms with Crippen LogP contribution in [0.15, 0.2) is 18.2 Å². The third-order valence-corrected chi connectivity index (χ3v) is 2.49. The molecule has 0 heterocycles. The lowest BCUT2D eigenvalue weighted by atomic mass is 10.1. The van der Waals surface area contributed by atoms with E-state index in [1.54, 1.807) is 26.2 Å². The number of halogens is 1. The predicted molar refractivity (Wildman–Crippen MR) is 63.6 cm³/mol. The molecule has 0 aliphatic rings. The van der Waals surface area contributed by atoms with E-state index in [4.69, 9.17) is 9.47 Å². The molecule has 3 nitrogen and oxygen atoms in total. The van der Waals surface area contributed by atoms with Crippen molar-refractivity contribution >= 4 is 0 Å². The smallest absolute Gasteiger partial charge is 0.165 e. The van der Waals surface area contributed by atoms with Crippen LogP contribution in [0.25, 0.3) is 0 Å². The number of hydrogen-bond donors (Lipinski definition) is 1. The molecule has 0 fully saturated rings. The fourth-order valence-electron chi connectivity index (χ4n) is 1.43. The Morgan fingerprint density at radius 3 is 2.59 bits per heavy atom. The van der Waals surface area contributed by atoms with Crippen LogP contribution in [-0.4, -0.2) is 24.9 Å². The maximum atomic E-state index is 13.6. The van der Waals surface area contributed by atoms with Crippen LogP contribution in [0, 0.1) is 5.82 Å². The summed E-state index contributed by atoms with van der Waals surface area (Å²) in [4.78, 5) is 0. The minimum atomic E-state index is -0.676. The minimum absolute atomic E-state index is 0.109. The summed E-state index contributed by atoms with van der Waals surface area (Å²) >= 11 is 0. The van der Waals surface area contributed by atoms with E-state index in [1.807, 2.05) is 6.92 Å². The van der Waals surface area contributed by atoms with Crippen LogP contribution in [0.2, 0.25) is 0 Å². The van der Waals surface area contributed by atoms with E-state index < -0.39 is 11.9 Å². The molecule has 1 aromatic carbocycles. The lowest BCUT2D eigenvalue weighted by Crippen LogP contribution is -2.15. The van der Waals surface area contributed by atoms with Crippen LogP contribution in [0.3, 0.4) is 0 Å². The van der Waals surface area contributed by atoms with Gasteiger partial charge in [-0.3, -0.25) is 0 Å². The fraction of sp³-hybridized carbons (Fsp3) is 0.538. The zero-order valence-corrected chi connectivity index (χ0v) is 10.4. The van der Waals surface area contributed by atoms with E-state index in [0.717, 1.165) is 0 Å². The van der Waals surface area contributed by atoms with E-state index in [9.17, 15) is 9.50 Å². The molecule has 0 aromatic heterocycles. The highest BCUT2D eigenvalue weighted by Crippen LogP contribution is 2.23. The van der Waals surface area contributed by atoms with Crippen molar-refractivity contribution in [1.82, 2.24) is 0 Å². The maximum Gasteiger partial charge on any atom is 0.165 e. The molecular formula is C13H19FO3. The van der Waals surface area contributed by atoms with Gasteiger partial charge in [0.05, 0.1) is 12.2 Å². The van der Waals surface area contributed by atoms with Crippen molar-refractivity contribution in [3.8, 4) is 5.75 Å². The number of ether oxygens (including phenoxy) is 2. The van der Waals surface area contributed by atoms with Gasteiger partial charge in [-0.2, -0.15) is 0 Å². The van der Waals surface area contributed by atoms with Gasteiger partial charge in [-0.25, -0.2) is 4.39 Å². The monoisotopic (exact) mass is 242 g/mol. The highest BCUT2D eigenvalue weighted by Gasteiger charge is 2.10. The molecule has 1 rings (SSSR count). The molecule has 2 unspecified atom stereocenters. The van der Waals surface area contributed by atoms with E-state index in [1.165, 1.54) is 6.07 Å². The first-order valence-electron chi connectivity index (χ1n) is 5.67. The third kappa shape index (κ3) is 4.32. The molecule has 4 heteroatoms. The lowest BCUT2D eigenvalue weighted by molar-refractivity contribution is 0.132. The van der Waals surface area contributed by atoms with Crippen LogP contribution in [0.4, 0.5) is 4.39 Å². The third-order valence-electron chi connectivity index (χ3n) is 2.49. The zero-order valence-electron chi connectivity index (χ0n) is 10.4. The Balaban J connectivity index is 2.65. The molecule has 2 atom stereocenters. The quantitative estimate of drug-likeness (QED) is 0.833. The van der Waals surface area contributed by atoms with Crippen LogP contribution < -0.4 is 4.74 Å². The van der Waals surface area contributed by atoms with Crippen molar-refractivity contribution in [1.29, 1.82) is 0 Å². The normalized spacial score (nSPS) is 14.4. The second-order valence-corrected chi connectivity index (χ2v) is 4.08. The van der Waals surface area contributed by atoms with Gasteiger partial charge in [0.25, 0.3) is 0 Å². The Kier molecular flexibility index (Phi) is 5.38. The topological polar surface area (TPSA) is 38.7 Å². The first-order chi connectivity index (χ1) is 8.04. The molecule has 1 aromatic rings. The molecule has 1 N–H and O–H groups in total. The SMILES string of the molecule is COCCC(C)Oc1ccc(C(C)O)cc1F. The van der Waals surface area contributed by atoms with Crippen molar-refractivity contribution in [3.63, 3.8) is 0 Å². The van der Waals surface area contributed by atoms with Gasteiger partial charge in [-0.1, -0.05) is 6.07 Å². The summed E-state index contributed by atoms with van der Waals surface area (Å²) in [6.07, 6.45) is -0.0833. The van der Waals surface area contributed by atoms with Gasteiger partial charge in [0.1, 0.15) is 0 Å². The molecule has 0 amide bonds. The number of methoxy groups -OCH3 is 1. The number of aliphatic hydroxyl groups is 1. The van der Waals surface area contributed by atoms with Gasteiger partial charge in [0.2, 0.25) is 0 Å². The average Bonchev–Trinajstić information content (AvgIpc) is 2.28. The summed E-state index contributed by atoms with van der Waals surface area (Å²) in [5.41, 5.74) is 0.541.